The van der Waals surface area contributed by atoms with Gasteiger partial charge < -0.3 is 30.6 Å². The third-order valence-electron chi connectivity index (χ3n) is 17.0. The van der Waals surface area contributed by atoms with Crippen molar-refractivity contribution in [3.63, 3.8) is 0 Å². The molecule has 6 fully saturated rings. The standard InChI is InChI=1S/C17H24O2.2C16H20F2O2/c1-11-9-14(18)4-5-15(11)12-7-8-17(2)13(10-12)3-6-16(17)19;2*1-16-7-6-9(8-10(16)2-5-13(16)20)11-3-4-12(19)15(18)14(11)17/h4-5,9,12-13,16,18-19H,3,6-8,10H2,1-2H3;2*3-4,9-10,13,19-20H,2,5-8H2,1H3/t12-,13-,16+,17+;9-,10+,13-,16-;9-,10-,13+,16+/m101/s1. The van der Waals surface area contributed by atoms with Gasteiger partial charge in [-0.3, -0.25) is 0 Å². The van der Waals surface area contributed by atoms with Gasteiger partial charge in [-0.25, -0.2) is 8.78 Å². The van der Waals surface area contributed by atoms with Crippen LogP contribution in [0.3, 0.4) is 0 Å². The van der Waals surface area contributed by atoms with Crippen molar-refractivity contribution in [3.05, 3.63) is 88.0 Å². The lowest BCUT2D eigenvalue weighted by atomic mass is 9.64. The van der Waals surface area contributed by atoms with Crippen molar-refractivity contribution in [1.29, 1.82) is 0 Å². The molecule has 3 aromatic rings. The van der Waals surface area contributed by atoms with Gasteiger partial charge in [0.1, 0.15) is 5.75 Å². The second-order valence-corrected chi connectivity index (χ2v) is 19.9. The molecule has 6 saturated carbocycles. The molecule has 59 heavy (non-hydrogen) atoms. The molecule has 3 aromatic carbocycles. The third kappa shape index (κ3) is 8.12. The SMILES string of the molecule is C[C@]12CC[C@@H](c3ccc(O)c(F)c3F)C[C@H]1CC[C@@H]2O.C[C@]12CC[C@H](c3ccc(O)c(F)c3F)C[C@H]1CC[C@@H]2O.Cc1cc(O)ccc1[C@@H]1CC[C@@]2(C)[C@H](CC[C@@H]2O)C1. The largest absolute Gasteiger partial charge is 0.508 e. The molecule has 0 amide bonds. The summed E-state index contributed by atoms with van der Waals surface area (Å²) < 4.78 is 54.9. The lowest BCUT2D eigenvalue weighted by Gasteiger charge is -2.42. The number of phenolic OH excluding ortho intramolecular Hbond substituents is 3. The van der Waals surface area contributed by atoms with Gasteiger partial charge in [0.2, 0.25) is 11.6 Å². The van der Waals surface area contributed by atoms with E-state index < -0.39 is 34.8 Å². The second kappa shape index (κ2) is 16.8. The molecular weight excluding hydrogens is 761 g/mol. The zero-order valence-electron chi connectivity index (χ0n) is 35.0. The van der Waals surface area contributed by atoms with Crippen LogP contribution in [0.4, 0.5) is 17.6 Å². The van der Waals surface area contributed by atoms with Crippen molar-refractivity contribution in [2.24, 2.45) is 34.0 Å². The van der Waals surface area contributed by atoms with E-state index in [2.05, 4.69) is 33.8 Å². The Labute approximate surface area is 346 Å². The summed E-state index contributed by atoms with van der Waals surface area (Å²) in [6.07, 6.45) is 13.3. The number of hydrogen-bond acceptors (Lipinski definition) is 6. The Bertz CT molecular complexity index is 1900. The van der Waals surface area contributed by atoms with E-state index in [1.807, 2.05) is 6.07 Å². The summed E-state index contributed by atoms with van der Waals surface area (Å²) in [6, 6.07) is 11.2. The lowest BCUT2D eigenvalue weighted by molar-refractivity contribution is 0.00832. The molecule has 6 aliphatic rings. The zero-order valence-corrected chi connectivity index (χ0v) is 35.0. The van der Waals surface area contributed by atoms with Crippen molar-refractivity contribution >= 4 is 0 Å². The Balaban J connectivity index is 0.000000134. The van der Waals surface area contributed by atoms with Crippen molar-refractivity contribution in [3.8, 4) is 17.2 Å². The Morgan fingerprint density at radius 2 is 0.797 bits per heavy atom. The zero-order chi connectivity index (χ0) is 42.6. The molecule has 0 unspecified atom stereocenters. The maximum atomic E-state index is 14.0. The number of phenols is 3. The van der Waals surface area contributed by atoms with Crippen molar-refractivity contribution < 1.29 is 48.2 Å². The predicted molar refractivity (Wildman–Crippen MR) is 219 cm³/mol. The van der Waals surface area contributed by atoms with E-state index >= 15 is 0 Å². The molecule has 10 heteroatoms. The van der Waals surface area contributed by atoms with E-state index in [-0.39, 0.29) is 46.4 Å². The lowest BCUT2D eigenvalue weighted by Crippen LogP contribution is -2.37. The van der Waals surface area contributed by atoms with Gasteiger partial charge in [0.05, 0.1) is 18.3 Å². The fourth-order valence-corrected chi connectivity index (χ4v) is 12.7. The summed E-state index contributed by atoms with van der Waals surface area (Å²) in [5.74, 6) is -3.09. The Morgan fingerprint density at radius 1 is 0.458 bits per heavy atom. The van der Waals surface area contributed by atoms with Gasteiger partial charge in [-0.2, -0.15) is 8.78 Å². The Kier molecular flexibility index (Phi) is 12.5. The number of halogens is 4. The summed E-state index contributed by atoms with van der Waals surface area (Å²) in [4.78, 5) is 0. The highest BCUT2D eigenvalue weighted by atomic mass is 19.2. The topological polar surface area (TPSA) is 121 Å². The molecule has 0 bridgehead atoms. The van der Waals surface area contributed by atoms with E-state index in [9.17, 15) is 48.2 Å². The van der Waals surface area contributed by atoms with Gasteiger partial charge in [-0.15, -0.1) is 0 Å². The highest BCUT2D eigenvalue weighted by Crippen LogP contribution is 2.58. The number of rotatable bonds is 3. The summed E-state index contributed by atoms with van der Waals surface area (Å²) in [5, 5.41) is 58.3. The van der Waals surface area contributed by atoms with Crippen molar-refractivity contribution in [2.45, 2.75) is 160 Å². The normalized spacial score (nSPS) is 37.3. The maximum absolute atomic E-state index is 14.0. The van der Waals surface area contributed by atoms with Crippen LogP contribution in [-0.2, 0) is 0 Å². The van der Waals surface area contributed by atoms with Crippen LogP contribution in [0.1, 0.15) is 157 Å². The van der Waals surface area contributed by atoms with Crippen LogP contribution in [0.5, 0.6) is 17.2 Å². The molecule has 324 valence electrons. The molecule has 0 heterocycles. The molecule has 6 aliphatic carbocycles. The van der Waals surface area contributed by atoms with Crippen LogP contribution in [0.15, 0.2) is 42.5 Å². The number of aliphatic hydroxyl groups is 3. The Hall–Kier alpha value is -3.34. The highest BCUT2D eigenvalue weighted by Gasteiger charge is 2.51. The molecule has 12 atom stereocenters. The summed E-state index contributed by atoms with van der Waals surface area (Å²) in [5.41, 5.74) is 3.34. The molecule has 6 nitrogen and oxygen atoms in total. The van der Waals surface area contributed by atoms with Gasteiger partial charge in [-0.1, -0.05) is 39.0 Å². The monoisotopic (exact) mass is 824 g/mol. The first-order valence-electron chi connectivity index (χ1n) is 22.0. The van der Waals surface area contributed by atoms with Crippen LogP contribution in [0, 0.1) is 64.2 Å². The van der Waals surface area contributed by atoms with E-state index in [1.54, 1.807) is 6.07 Å². The molecule has 0 spiro atoms. The number of fused-ring (bicyclic) bond motifs is 3. The molecular formula is C49H64F4O6. The fraction of sp³-hybridized carbons (Fsp3) is 0.633. The minimum absolute atomic E-state index is 0.0199. The first-order valence-corrected chi connectivity index (χ1v) is 22.0. The van der Waals surface area contributed by atoms with Crippen molar-refractivity contribution in [2.75, 3.05) is 0 Å². The van der Waals surface area contributed by atoms with Crippen LogP contribution < -0.4 is 0 Å². The average molecular weight is 825 g/mol. The minimum atomic E-state index is -1.15. The van der Waals surface area contributed by atoms with Gasteiger partial charge in [-0.05, 0) is 202 Å². The van der Waals surface area contributed by atoms with Gasteiger partial charge in [0.15, 0.2) is 23.1 Å². The summed E-state index contributed by atoms with van der Waals surface area (Å²) in [7, 11) is 0. The van der Waals surface area contributed by atoms with E-state index in [0.717, 1.165) is 83.5 Å². The van der Waals surface area contributed by atoms with Crippen LogP contribution in [0.25, 0.3) is 0 Å². The number of aliphatic hydroxyl groups excluding tert-OH is 3. The summed E-state index contributed by atoms with van der Waals surface area (Å²) in [6.45, 7) is 8.58. The van der Waals surface area contributed by atoms with Gasteiger partial charge >= 0.3 is 0 Å². The highest BCUT2D eigenvalue weighted by molar-refractivity contribution is 5.37. The van der Waals surface area contributed by atoms with Gasteiger partial charge in [0, 0.05) is 0 Å². The summed E-state index contributed by atoms with van der Waals surface area (Å²) >= 11 is 0. The predicted octanol–water partition coefficient (Wildman–Crippen LogP) is 11.2. The first-order chi connectivity index (χ1) is 27.9. The molecule has 9 rings (SSSR count). The first kappa shape index (κ1) is 43.7. The number of benzene rings is 3. The number of aromatic hydroxyl groups is 3. The average Bonchev–Trinajstić information content (AvgIpc) is 3.80. The maximum Gasteiger partial charge on any atom is 0.200 e. The van der Waals surface area contributed by atoms with E-state index in [4.69, 9.17) is 0 Å². The van der Waals surface area contributed by atoms with E-state index in [1.165, 1.54) is 48.2 Å². The number of hydrogen-bond donors (Lipinski definition) is 6. The van der Waals surface area contributed by atoms with Gasteiger partial charge in [0.25, 0.3) is 0 Å². The smallest absolute Gasteiger partial charge is 0.200 e. The minimum Gasteiger partial charge on any atom is -0.508 e. The quantitative estimate of drug-likeness (QED) is 0.146. The van der Waals surface area contributed by atoms with Crippen LogP contribution in [-0.4, -0.2) is 49.0 Å². The molecule has 0 radical (unpaired) electrons. The third-order valence-corrected chi connectivity index (χ3v) is 17.0. The Morgan fingerprint density at radius 3 is 1.15 bits per heavy atom. The molecule has 6 N–H and O–H groups in total. The van der Waals surface area contributed by atoms with E-state index in [0.29, 0.717) is 40.5 Å². The molecule has 0 aliphatic heterocycles. The number of aryl methyl sites for hydroxylation is 1. The van der Waals surface area contributed by atoms with Crippen LogP contribution >= 0.6 is 0 Å². The fourth-order valence-electron chi connectivity index (χ4n) is 12.7. The van der Waals surface area contributed by atoms with Crippen molar-refractivity contribution in [1.82, 2.24) is 0 Å². The second-order valence-electron chi connectivity index (χ2n) is 19.9. The molecule has 0 saturated heterocycles. The van der Waals surface area contributed by atoms with Crippen LogP contribution in [0.2, 0.25) is 0 Å². The molecule has 0 aromatic heterocycles.